The zero-order valence-electron chi connectivity index (χ0n) is 15.6. The van der Waals surface area contributed by atoms with Gasteiger partial charge in [-0.25, -0.2) is 18.4 Å². The van der Waals surface area contributed by atoms with Crippen molar-refractivity contribution in [2.24, 2.45) is 0 Å². The zero-order valence-corrected chi connectivity index (χ0v) is 16.4. The van der Waals surface area contributed by atoms with E-state index in [-0.39, 0.29) is 5.16 Å². The van der Waals surface area contributed by atoms with E-state index >= 15 is 0 Å². The van der Waals surface area contributed by atoms with Crippen LogP contribution in [0.5, 0.6) is 5.75 Å². The molecule has 0 unspecified atom stereocenters. The van der Waals surface area contributed by atoms with Gasteiger partial charge in [-0.3, -0.25) is 4.90 Å². The van der Waals surface area contributed by atoms with E-state index in [9.17, 15) is 8.42 Å². The number of sulfone groups is 1. The van der Waals surface area contributed by atoms with Gasteiger partial charge in [0.25, 0.3) is 0 Å². The van der Waals surface area contributed by atoms with Crippen molar-refractivity contribution in [3.8, 4) is 17.1 Å². The quantitative estimate of drug-likeness (QED) is 0.601. The van der Waals surface area contributed by atoms with Gasteiger partial charge in [-0.2, -0.15) is 0 Å². The molecular weight excluding hydrogens is 380 g/mol. The summed E-state index contributed by atoms with van der Waals surface area (Å²) in [4.78, 5) is 10.4. The second-order valence-corrected chi connectivity index (χ2v) is 8.68. The highest BCUT2D eigenvalue weighted by Gasteiger charge is 2.22. The molecular formula is C19H20N4O4S. The van der Waals surface area contributed by atoms with E-state index < -0.39 is 9.84 Å². The number of hydrogen-bond donors (Lipinski definition) is 0. The molecule has 0 atom stereocenters. The Balaban J connectivity index is 1.45. The highest BCUT2D eigenvalue weighted by atomic mass is 32.2. The smallest absolute Gasteiger partial charge is 0.246 e. The standard InChI is InChI=1S/C19H20N4O4S/c1-26-16-5-3-13(4-6-16)18-9-15(22-27-18)12-23-8-7-17-14(11-23)10-20-19(21-17)28(2,24)25/h3-6,9-10H,7-8,11-12H2,1-2H3. The lowest BCUT2D eigenvalue weighted by atomic mass is 10.1. The van der Waals surface area contributed by atoms with Gasteiger partial charge in [-0.1, -0.05) is 5.16 Å². The van der Waals surface area contributed by atoms with E-state index in [0.717, 1.165) is 41.1 Å². The van der Waals surface area contributed by atoms with Gasteiger partial charge in [-0.05, 0) is 24.3 Å². The van der Waals surface area contributed by atoms with Crippen LogP contribution in [-0.2, 0) is 29.3 Å². The second kappa shape index (κ2) is 7.33. The number of rotatable bonds is 5. The lowest BCUT2D eigenvalue weighted by molar-refractivity contribution is 0.234. The van der Waals surface area contributed by atoms with E-state index in [1.54, 1.807) is 13.3 Å². The van der Waals surface area contributed by atoms with Crippen LogP contribution in [0, 0.1) is 0 Å². The molecule has 1 aliphatic heterocycles. The molecule has 146 valence electrons. The van der Waals surface area contributed by atoms with E-state index in [2.05, 4.69) is 20.0 Å². The molecule has 0 N–H and O–H groups in total. The first-order chi connectivity index (χ1) is 13.4. The fourth-order valence-electron chi connectivity index (χ4n) is 3.18. The lowest BCUT2D eigenvalue weighted by Crippen LogP contribution is -2.31. The molecule has 2 aromatic heterocycles. The van der Waals surface area contributed by atoms with Crippen LogP contribution in [-0.4, -0.2) is 48.4 Å². The van der Waals surface area contributed by atoms with Crippen LogP contribution in [0.4, 0.5) is 0 Å². The molecule has 4 rings (SSSR count). The first-order valence-corrected chi connectivity index (χ1v) is 10.7. The number of nitrogens with zero attached hydrogens (tertiary/aromatic N) is 4. The van der Waals surface area contributed by atoms with E-state index in [4.69, 9.17) is 9.26 Å². The topological polar surface area (TPSA) is 98.4 Å². The number of ether oxygens (including phenoxy) is 1. The average Bonchev–Trinajstić information content (AvgIpc) is 3.15. The predicted octanol–water partition coefficient (Wildman–Crippen LogP) is 2.10. The minimum Gasteiger partial charge on any atom is -0.497 e. The molecule has 1 aliphatic rings. The lowest BCUT2D eigenvalue weighted by Gasteiger charge is -2.26. The van der Waals surface area contributed by atoms with Crippen molar-refractivity contribution in [2.45, 2.75) is 24.7 Å². The Morgan fingerprint density at radius 2 is 2.04 bits per heavy atom. The van der Waals surface area contributed by atoms with E-state index in [1.807, 2.05) is 30.3 Å². The third kappa shape index (κ3) is 3.90. The van der Waals surface area contributed by atoms with Crippen LogP contribution in [0.2, 0.25) is 0 Å². The molecule has 0 saturated carbocycles. The third-order valence-corrected chi connectivity index (χ3v) is 5.50. The van der Waals surface area contributed by atoms with Crippen molar-refractivity contribution in [1.29, 1.82) is 0 Å². The molecule has 0 spiro atoms. The van der Waals surface area contributed by atoms with Gasteiger partial charge in [0.05, 0.1) is 18.5 Å². The van der Waals surface area contributed by atoms with E-state index in [1.165, 1.54) is 0 Å². The fourth-order valence-corrected chi connectivity index (χ4v) is 3.70. The monoisotopic (exact) mass is 400 g/mol. The maximum atomic E-state index is 11.6. The molecule has 0 amide bonds. The molecule has 0 fully saturated rings. The van der Waals surface area contributed by atoms with Crippen molar-refractivity contribution in [3.05, 3.63) is 53.5 Å². The zero-order chi connectivity index (χ0) is 19.7. The van der Waals surface area contributed by atoms with E-state index in [0.29, 0.717) is 25.3 Å². The molecule has 9 heteroatoms. The molecule has 8 nitrogen and oxygen atoms in total. The summed E-state index contributed by atoms with van der Waals surface area (Å²) in [5.74, 6) is 1.49. The summed E-state index contributed by atoms with van der Waals surface area (Å²) in [7, 11) is -1.76. The molecule has 0 bridgehead atoms. The Kier molecular flexibility index (Phi) is 4.86. The van der Waals surface area contributed by atoms with Crippen molar-refractivity contribution < 1.29 is 17.7 Å². The summed E-state index contributed by atoms with van der Waals surface area (Å²) >= 11 is 0. The number of hydrogen-bond acceptors (Lipinski definition) is 8. The Labute approximate surface area is 163 Å². The minimum atomic E-state index is -3.39. The Bertz CT molecular complexity index is 1090. The molecule has 3 heterocycles. The molecule has 1 aromatic carbocycles. The second-order valence-electron chi connectivity index (χ2n) is 6.77. The van der Waals surface area contributed by atoms with Gasteiger partial charge >= 0.3 is 0 Å². The normalized spacial score (nSPS) is 14.6. The highest BCUT2D eigenvalue weighted by molar-refractivity contribution is 7.90. The predicted molar refractivity (Wildman–Crippen MR) is 101 cm³/mol. The van der Waals surface area contributed by atoms with Crippen LogP contribution >= 0.6 is 0 Å². The number of fused-ring (bicyclic) bond motifs is 1. The first-order valence-electron chi connectivity index (χ1n) is 8.79. The Morgan fingerprint density at radius 1 is 1.25 bits per heavy atom. The van der Waals surface area contributed by atoms with Gasteiger partial charge < -0.3 is 9.26 Å². The Morgan fingerprint density at radius 3 is 2.75 bits per heavy atom. The summed E-state index contributed by atoms with van der Waals surface area (Å²) in [5.41, 5.74) is 3.51. The molecule has 0 radical (unpaired) electrons. The van der Waals surface area contributed by atoms with Crippen molar-refractivity contribution in [2.75, 3.05) is 19.9 Å². The summed E-state index contributed by atoms with van der Waals surface area (Å²) in [6.45, 7) is 2.04. The average molecular weight is 400 g/mol. The fraction of sp³-hybridized carbons (Fsp3) is 0.316. The van der Waals surface area contributed by atoms with Gasteiger partial charge in [0.2, 0.25) is 15.0 Å². The summed E-state index contributed by atoms with van der Waals surface area (Å²) in [6.07, 6.45) is 3.40. The summed E-state index contributed by atoms with van der Waals surface area (Å²) in [6, 6.07) is 9.54. The maximum Gasteiger partial charge on any atom is 0.246 e. The van der Waals surface area contributed by atoms with Gasteiger partial charge in [0.15, 0.2) is 5.76 Å². The Hall–Kier alpha value is -2.78. The molecule has 28 heavy (non-hydrogen) atoms. The largest absolute Gasteiger partial charge is 0.497 e. The number of aromatic nitrogens is 3. The van der Waals surface area contributed by atoms with Gasteiger partial charge in [0, 0.05) is 55.7 Å². The third-order valence-electron chi connectivity index (χ3n) is 4.64. The molecule has 0 saturated heterocycles. The SMILES string of the molecule is COc1ccc(-c2cc(CN3CCc4nc(S(C)(=O)=O)ncc4C3)no2)cc1. The molecule has 3 aromatic rings. The van der Waals surface area contributed by atoms with Crippen LogP contribution in [0.3, 0.4) is 0 Å². The minimum absolute atomic E-state index is 0.111. The van der Waals surface area contributed by atoms with Crippen LogP contribution < -0.4 is 4.74 Å². The number of methoxy groups -OCH3 is 1. The highest BCUT2D eigenvalue weighted by Crippen LogP contribution is 2.25. The summed E-state index contributed by atoms with van der Waals surface area (Å²) in [5, 5.41) is 4.06. The van der Waals surface area contributed by atoms with Crippen molar-refractivity contribution >= 4 is 9.84 Å². The first kappa shape index (κ1) is 18.6. The van der Waals surface area contributed by atoms with Crippen LogP contribution in [0.15, 0.2) is 46.2 Å². The van der Waals surface area contributed by atoms with Gasteiger partial charge in [-0.15, -0.1) is 0 Å². The van der Waals surface area contributed by atoms with Crippen LogP contribution in [0.1, 0.15) is 17.0 Å². The number of benzene rings is 1. The van der Waals surface area contributed by atoms with Crippen molar-refractivity contribution in [3.63, 3.8) is 0 Å². The maximum absolute atomic E-state index is 11.6. The summed E-state index contributed by atoms with van der Waals surface area (Å²) < 4.78 is 33.9. The van der Waals surface area contributed by atoms with Gasteiger partial charge in [0.1, 0.15) is 5.75 Å². The van der Waals surface area contributed by atoms with Crippen molar-refractivity contribution in [1.82, 2.24) is 20.0 Å². The van der Waals surface area contributed by atoms with Crippen LogP contribution in [0.25, 0.3) is 11.3 Å². The molecule has 0 aliphatic carbocycles.